The van der Waals surface area contributed by atoms with Gasteiger partial charge in [-0.25, -0.2) is 14.4 Å². The molecule has 1 aromatic carbocycles. The Hall–Kier alpha value is -1.77. The van der Waals surface area contributed by atoms with Gasteiger partial charge in [0.05, 0.1) is 16.7 Å². The maximum absolute atomic E-state index is 10.6. The third-order valence-corrected chi connectivity index (χ3v) is 1.73. The molecule has 0 amide bonds. The van der Waals surface area contributed by atoms with Crippen molar-refractivity contribution in [2.75, 3.05) is 0 Å². The van der Waals surface area contributed by atoms with Gasteiger partial charge in [-0.2, -0.15) is 0 Å². The summed E-state index contributed by atoms with van der Waals surface area (Å²) in [5.41, 5.74) is -1.24. The molecule has 0 saturated heterocycles. The van der Waals surface area contributed by atoms with Gasteiger partial charge in [0.1, 0.15) is 0 Å². The van der Waals surface area contributed by atoms with Crippen LogP contribution in [0.5, 0.6) is 0 Å². The number of rotatable bonds is 3. The molecule has 0 fully saturated rings. The zero-order valence-corrected chi connectivity index (χ0v) is 7.30. The van der Waals surface area contributed by atoms with Crippen molar-refractivity contribution in [2.24, 2.45) is 0 Å². The van der Waals surface area contributed by atoms with Crippen molar-refractivity contribution >= 4 is 36.8 Å². The Bertz CT molecular complexity index is 453. The molecule has 0 unspecified atom stereocenters. The molecule has 1 rings (SSSR count). The number of benzene rings is 1. The standard InChI is InChI=1S/C9H6O6.Li.H/c10-7(11)4-1-2-5(8(12)13)6(3-4)9(14)15;;/h1-3H,(H,10,11)(H,12,13)(H,14,15);;. The van der Waals surface area contributed by atoms with Crippen LogP contribution in [0, 0.1) is 0 Å². The minimum absolute atomic E-state index is 0. The van der Waals surface area contributed by atoms with Crippen molar-refractivity contribution in [1.29, 1.82) is 0 Å². The molecule has 0 aliphatic rings. The van der Waals surface area contributed by atoms with Crippen LogP contribution in [-0.4, -0.2) is 52.1 Å². The second-order valence-corrected chi connectivity index (χ2v) is 2.68. The normalized spacial score (nSPS) is 9.00. The van der Waals surface area contributed by atoms with Crippen LogP contribution in [-0.2, 0) is 0 Å². The van der Waals surface area contributed by atoms with E-state index in [1.807, 2.05) is 0 Å². The van der Waals surface area contributed by atoms with Crippen molar-refractivity contribution in [3.63, 3.8) is 0 Å². The summed E-state index contributed by atoms with van der Waals surface area (Å²) in [4.78, 5) is 31.8. The van der Waals surface area contributed by atoms with Gasteiger partial charge in [0.15, 0.2) is 0 Å². The van der Waals surface area contributed by atoms with Crippen LogP contribution in [0.1, 0.15) is 31.1 Å². The van der Waals surface area contributed by atoms with E-state index in [9.17, 15) is 14.4 Å². The first-order valence-electron chi connectivity index (χ1n) is 3.77. The topological polar surface area (TPSA) is 112 Å². The third-order valence-electron chi connectivity index (χ3n) is 1.73. The molecule has 7 heteroatoms. The Labute approximate surface area is 102 Å². The summed E-state index contributed by atoms with van der Waals surface area (Å²) >= 11 is 0. The molecule has 6 nitrogen and oxygen atoms in total. The summed E-state index contributed by atoms with van der Waals surface area (Å²) < 4.78 is 0. The van der Waals surface area contributed by atoms with Crippen molar-refractivity contribution in [1.82, 2.24) is 0 Å². The molecule has 0 saturated carbocycles. The summed E-state index contributed by atoms with van der Waals surface area (Å²) in [5, 5.41) is 25.9. The number of hydrogen-bond acceptors (Lipinski definition) is 3. The van der Waals surface area contributed by atoms with Gasteiger partial charge in [0, 0.05) is 0 Å². The van der Waals surface area contributed by atoms with Crippen LogP contribution in [0.2, 0.25) is 0 Å². The van der Waals surface area contributed by atoms with Crippen LogP contribution in [0.15, 0.2) is 18.2 Å². The molecule has 0 radical (unpaired) electrons. The molecule has 16 heavy (non-hydrogen) atoms. The number of carbonyl (C=O) groups is 3. The Morgan fingerprint density at radius 3 is 1.69 bits per heavy atom. The minimum atomic E-state index is -1.48. The molecule has 1 aromatic rings. The molecule has 0 aromatic heterocycles. The number of carboxylic acid groups (broad SMARTS) is 3. The molecule has 0 bridgehead atoms. The van der Waals surface area contributed by atoms with Crippen LogP contribution >= 0.6 is 0 Å². The van der Waals surface area contributed by atoms with E-state index in [2.05, 4.69) is 0 Å². The molecule has 0 spiro atoms. The van der Waals surface area contributed by atoms with Crippen molar-refractivity contribution in [2.45, 2.75) is 0 Å². The second kappa shape index (κ2) is 5.35. The zero-order valence-electron chi connectivity index (χ0n) is 7.30. The molecule has 0 atom stereocenters. The van der Waals surface area contributed by atoms with Gasteiger partial charge in [0.2, 0.25) is 0 Å². The van der Waals surface area contributed by atoms with Crippen LogP contribution < -0.4 is 0 Å². The number of hydrogen-bond donors (Lipinski definition) is 3. The van der Waals surface area contributed by atoms with E-state index in [0.717, 1.165) is 18.2 Å². The van der Waals surface area contributed by atoms with E-state index in [0.29, 0.717) is 0 Å². The summed E-state index contributed by atoms with van der Waals surface area (Å²) in [6.07, 6.45) is 0. The van der Waals surface area contributed by atoms with Gasteiger partial charge in [-0.3, -0.25) is 0 Å². The molecular weight excluding hydrogens is 211 g/mol. The van der Waals surface area contributed by atoms with Gasteiger partial charge < -0.3 is 15.3 Å². The van der Waals surface area contributed by atoms with E-state index in [1.165, 1.54) is 0 Å². The first-order valence-corrected chi connectivity index (χ1v) is 3.77. The molecule has 80 valence electrons. The molecule has 0 aliphatic carbocycles. The third kappa shape index (κ3) is 2.86. The number of aromatic carboxylic acids is 3. The van der Waals surface area contributed by atoms with Gasteiger partial charge in [-0.15, -0.1) is 0 Å². The van der Waals surface area contributed by atoms with Gasteiger partial charge in [-0.1, -0.05) is 0 Å². The second-order valence-electron chi connectivity index (χ2n) is 2.68. The van der Waals surface area contributed by atoms with Crippen LogP contribution in [0.4, 0.5) is 0 Å². The van der Waals surface area contributed by atoms with E-state index in [1.54, 1.807) is 0 Å². The molecular formula is C9H7LiO6. The van der Waals surface area contributed by atoms with E-state index >= 15 is 0 Å². The summed E-state index contributed by atoms with van der Waals surface area (Å²) in [7, 11) is 0. The predicted octanol–water partition coefficient (Wildman–Crippen LogP) is 0.133. The van der Waals surface area contributed by atoms with Gasteiger partial charge in [0.25, 0.3) is 0 Å². The quantitative estimate of drug-likeness (QED) is 0.621. The van der Waals surface area contributed by atoms with Crippen LogP contribution in [0.3, 0.4) is 0 Å². The van der Waals surface area contributed by atoms with E-state index < -0.39 is 29.0 Å². The molecule has 0 heterocycles. The fourth-order valence-corrected chi connectivity index (χ4v) is 1.04. The zero-order chi connectivity index (χ0) is 11.6. The fraction of sp³-hybridized carbons (Fsp3) is 0. The average Bonchev–Trinajstić information content (AvgIpc) is 2.16. The Balaban J connectivity index is 0.00000225. The Morgan fingerprint density at radius 2 is 1.31 bits per heavy atom. The van der Waals surface area contributed by atoms with E-state index in [-0.39, 0.29) is 24.4 Å². The average molecular weight is 218 g/mol. The van der Waals surface area contributed by atoms with Gasteiger partial charge in [-0.05, 0) is 18.2 Å². The van der Waals surface area contributed by atoms with Gasteiger partial charge >= 0.3 is 36.8 Å². The van der Waals surface area contributed by atoms with Crippen molar-refractivity contribution in [3.05, 3.63) is 34.9 Å². The molecule has 3 N–H and O–H groups in total. The maximum atomic E-state index is 10.6. The SMILES string of the molecule is O=C(O)c1ccc(C(=O)O)c(C(=O)O)c1.[LiH]. The van der Waals surface area contributed by atoms with Crippen molar-refractivity contribution in [3.8, 4) is 0 Å². The fourth-order valence-electron chi connectivity index (χ4n) is 1.04. The summed E-state index contributed by atoms with van der Waals surface area (Å²) in [6.45, 7) is 0. The Morgan fingerprint density at radius 1 is 0.812 bits per heavy atom. The first kappa shape index (κ1) is 14.2. The number of carboxylic acids is 3. The molecule has 0 aliphatic heterocycles. The first-order chi connectivity index (χ1) is 6.93. The summed E-state index contributed by atoms with van der Waals surface area (Å²) in [6, 6.07) is 2.81. The summed E-state index contributed by atoms with van der Waals surface area (Å²) in [5.74, 6) is -4.20. The van der Waals surface area contributed by atoms with Crippen LogP contribution in [0.25, 0.3) is 0 Å². The predicted molar refractivity (Wildman–Crippen MR) is 54.5 cm³/mol. The monoisotopic (exact) mass is 218 g/mol. The Kier molecular flexibility index (Phi) is 4.76. The van der Waals surface area contributed by atoms with Crippen molar-refractivity contribution < 1.29 is 29.7 Å². The van der Waals surface area contributed by atoms with E-state index in [4.69, 9.17) is 15.3 Å².